The van der Waals surface area contributed by atoms with Crippen LogP contribution in [-0.4, -0.2) is 54.6 Å². The van der Waals surface area contributed by atoms with Crippen LogP contribution in [0.4, 0.5) is 5.82 Å². The number of benzene rings is 1. The van der Waals surface area contributed by atoms with Crippen LogP contribution in [0, 0.1) is 0 Å². The molecule has 0 spiro atoms. The van der Waals surface area contributed by atoms with Crippen molar-refractivity contribution in [3.63, 3.8) is 0 Å². The third kappa shape index (κ3) is 4.90. The third-order valence-corrected chi connectivity index (χ3v) is 5.40. The topological polar surface area (TPSA) is 84.6 Å². The molecule has 0 radical (unpaired) electrons. The lowest BCUT2D eigenvalue weighted by Crippen LogP contribution is -2.38. The summed E-state index contributed by atoms with van der Waals surface area (Å²) in [4.78, 5) is 25.1. The molecule has 1 aliphatic rings. The van der Waals surface area contributed by atoms with Gasteiger partial charge in [-0.15, -0.1) is 0 Å². The predicted molar refractivity (Wildman–Crippen MR) is 121 cm³/mol. The number of nitrogens with two attached hydrogens (primary N) is 1. The first-order valence-electron chi connectivity index (χ1n) is 10.3. The number of aromatic nitrogens is 2. The van der Waals surface area contributed by atoms with Gasteiger partial charge in [0.2, 0.25) is 5.91 Å². The zero-order valence-corrected chi connectivity index (χ0v) is 17.9. The van der Waals surface area contributed by atoms with E-state index in [4.69, 9.17) is 15.5 Å². The first kappa shape index (κ1) is 21.0. The Labute approximate surface area is 182 Å². The minimum Gasteiger partial charge on any atom is -0.369 e. The van der Waals surface area contributed by atoms with Crippen molar-refractivity contribution in [2.24, 2.45) is 5.73 Å². The molecule has 1 aromatic carbocycles. The molecule has 3 aromatic rings. The predicted octanol–water partition coefficient (Wildman–Crippen LogP) is 2.88. The number of primary amides is 1. The summed E-state index contributed by atoms with van der Waals surface area (Å²) in [6, 6.07) is 17.2. The fourth-order valence-corrected chi connectivity index (χ4v) is 3.82. The van der Waals surface area contributed by atoms with E-state index >= 15 is 0 Å². The molecule has 31 heavy (non-hydrogen) atoms. The molecule has 3 heterocycles. The van der Waals surface area contributed by atoms with Gasteiger partial charge in [0, 0.05) is 56.6 Å². The standard InChI is InChI=1S/C24H27N5O2/c1-28(2)24-19(5-4-12-26-24)15-29-13-14-31-22(16-29)21-7-3-6-20(27-21)17-8-10-18(11-9-17)23(25)30/h3-12,22H,13-16H2,1-2H3,(H2,25,30)/t22-/m1/s1. The van der Waals surface area contributed by atoms with Crippen LogP contribution in [-0.2, 0) is 11.3 Å². The van der Waals surface area contributed by atoms with Gasteiger partial charge in [-0.2, -0.15) is 0 Å². The average Bonchev–Trinajstić information content (AvgIpc) is 2.79. The molecule has 4 rings (SSSR count). The maximum absolute atomic E-state index is 11.3. The molecule has 7 nitrogen and oxygen atoms in total. The van der Waals surface area contributed by atoms with Gasteiger partial charge < -0.3 is 15.4 Å². The molecule has 1 atom stereocenters. The molecule has 160 valence electrons. The van der Waals surface area contributed by atoms with Gasteiger partial charge in [0.15, 0.2) is 0 Å². The number of hydrogen-bond donors (Lipinski definition) is 1. The Balaban J connectivity index is 1.50. The summed E-state index contributed by atoms with van der Waals surface area (Å²) >= 11 is 0. The lowest BCUT2D eigenvalue weighted by molar-refractivity contribution is -0.0349. The van der Waals surface area contributed by atoms with Gasteiger partial charge in [0.1, 0.15) is 11.9 Å². The van der Waals surface area contributed by atoms with Crippen molar-refractivity contribution >= 4 is 11.7 Å². The second-order valence-electron chi connectivity index (χ2n) is 7.86. The summed E-state index contributed by atoms with van der Waals surface area (Å²) in [6.07, 6.45) is 1.73. The minimum atomic E-state index is -0.435. The zero-order valence-electron chi connectivity index (χ0n) is 17.9. The van der Waals surface area contributed by atoms with Gasteiger partial charge in [-0.25, -0.2) is 4.98 Å². The molecule has 2 N–H and O–H groups in total. The van der Waals surface area contributed by atoms with Crippen LogP contribution in [0.1, 0.15) is 27.7 Å². The van der Waals surface area contributed by atoms with Crippen molar-refractivity contribution in [3.8, 4) is 11.3 Å². The summed E-state index contributed by atoms with van der Waals surface area (Å²) in [5.41, 5.74) is 9.70. The van der Waals surface area contributed by atoms with Crippen LogP contribution in [0.25, 0.3) is 11.3 Å². The van der Waals surface area contributed by atoms with Crippen molar-refractivity contribution in [3.05, 3.63) is 77.6 Å². The maximum atomic E-state index is 11.3. The smallest absolute Gasteiger partial charge is 0.248 e. The highest BCUT2D eigenvalue weighted by Crippen LogP contribution is 2.26. The number of anilines is 1. The molecule has 0 bridgehead atoms. The number of nitrogens with zero attached hydrogens (tertiary/aromatic N) is 4. The first-order valence-corrected chi connectivity index (χ1v) is 10.3. The van der Waals surface area contributed by atoms with Gasteiger partial charge in [-0.3, -0.25) is 14.7 Å². The Morgan fingerprint density at radius 3 is 2.71 bits per heavy atom. The SMILES string of the molecule is CN(C)c1ncccc1CN1CCO[C@@H](c2cccc(-c3ccc(C(N)=O)cc3)n2)C1. The van der Waals surface area contributed by atoms with Gasteiger partial charge in [-0.1, -0.05) is 24.3 Å². The number of hydrogen-bond acceptors (Lipinski definition) is 6. The van der Waals surface area contributed by atoms with Gasteiger partial charge in [0.05, 0.1) is 18.0 Å². The molecule has 1 saturated heterocycles. The van der Waals surface area contributed by atoms with Crippen molar-refractivity contribution in [1.82, 2.24) is 14.9 Å². The number of ether oxygens (including phenoxy) is 1. The molecule has 0 saturated carbocycles. The van der Waals surface area contributed by atoms with E-state index in [9.17, 15) is 4.79 Å². The van der Waals surface area contributed by atoms with E-state index in [0.29, 0.717) is 12.2 Å². The van der Waals surface area contributed by atoms with Crippen molar-refractivity contribution < 1.29 is 9.53 Å². The van der Waals surface area contributed by atoms with E-state index in [-0.39, 0.29) is 6.10 Å². The number of morpholine rings is 1. The zero-order chi connectivity index (χ0) is 21.8. The lowest BCUT2D eigenvalue weighted by atomic mass is 10.1. The van der Waals surface area contributed by atoms with Gasteiger partial charge in [-0.05, 0) is 30.3 Å². The van der Waals surface area contributed by atoms with Crippen LogP contribution in [0.3, 0.4) is 0 Å². The summed E-state index contributed by atoms with van der Waals surface area (Å²) in [5, 5.41) is 0. The molecule has 1 aliphatic heterocycles. The monoisotopic (exact) mass is 417 g/mol. The van der Waals surface area contributed by atoms with Crippen LogP contribution < -0.4 is 10.6 Å². The molecule has 0 aliphatic carbocycles. The fraction of sp³-hybridized carbons (Fsp3) is 0.292. The van der Waals surface area contributed by atoms with Gasteiger partial charge in [0.25, 0.3) is 0 Å². The van der Waals surface area contributed by atoms with Gasteiger partial charge >= 0.3 is 0 Å². The summed E-state index contributed by atoms with van der Waals surface area (Å²) < 4.78 is 6.06. The maximum Gasteiger partial charge on any atom is 0.248 e. The van der Waals surface area contributed by atoms with Crippen LogP contribution in [0.5, 0.6) is 0 Å². The molecule has 2 aromatic heterocycles. The first-order chi connectivity index (χ1) is 15.0. The van der Waals surface area contributed by atoms with E-state index in [1.54, 1.807) is 12.1 Å². The number of rotatable bonds is 6. The Morgan fingerprint density at radius 1 is 1.16 bits per heavy atom. The largest absolute Gasteiger partial charge is 0.369 e. The Kier molecular flexibility index (Phi) is 6.25. The molecule has 1 amide bonds. The second-order valence-corrected chi connectivity index (χ2v) is 7.86. The van der Waals surface area contributed by atoms with Crippen molar-refractivity contribution in [2.75, 3.05) is 38.7 Å². The van der Waals surface area contributed by atoms with E-state index in [1.807, 2.05) is 61.6 Å². The van der Waals surface area contributed by atoms with Crippen LogP contribution in [0.2, 0.25) is 0 Å². The minimum absolute atomic E-state index is 0.0990. The normalized spacial score (nSPS) is 16.8. The quantitative estimate of drug-likeness (QED) is 0.664. The van der Waals surface area contributed by atoms with Crippen LogP contribution >= 0.6 is 0 Å². The Morgan fingerprint density at radius 2 is 1.97 bits per heavy atom. The van der Waals surface area contributed by atoms with Crippen molar-refractivity contribution in [1.29, 1.82) is 0 Å². The summed E-state index contributed by atoms with van der Waals surface area (Å²) in [5.74, 6) is 0.556. The molecular weight excluding hydrogens is 390 g/mol. The highest BCUT2D eigenvalue weighted by Gasteiger charge is 2.24. The average molecular weight is 418 g/mol. The van der Waals surface area contributed by atoms with E-state index in [2.05, 4.69) is 16.0 Å². The van der Waals surface area contributed by atoms with Crippen LogP contribution in [0.15, 0.2) is 60.8 Å². The highest BCUT2D eigenvalue weighted by molar-refractivity contribution is 5.93. The number of amides is 1. The van der Waals surface area contributed by atoms with E-state index in [1.165, 1.54) is 5.56 Å². The Hall–Kier alpha value is -3.29. The number of carbonyl (C=O) groups is 1. The molecule has 0 unspecified atom stereocenters. The molecular formula is C24H27N5O2. The third-order valence-electron chi connectivity index (χ3n) is 5.40. The van der Waals surface area contributed by atoms with E-state index < -0.39 is 5.91 Å². The summed E-state index contributed by atoms with van der Waals surface area (Å²) in [7, 11) is 4.03. The second kappa shape index (κ2) is 9.24. The molecule has 7 heteroatoms. The van der Waals surface area contributed by atoms with E-state index in [0.717, 1.165) is 42.4 Å². The number of pyridine rings is 2. The molecule has 1 fully saturated rings. The lowest BCUT2D eigenvalue weighted by Gasteiger charge is -2.33. The fourth-order valence-electron chi connectivity index (χ4n) is 3.82. The number of carbonyl (C=O) groups excluding carboxylic acids is 1. The summed E-state index contributed by atoms with van der Waals surface area (Å²) in [6.45, 7) is 3.10. The highest BCUT2D eigenvalue weighted by atomic mass is 16.5. The van der Waals surface area contributed by atoms with Crippen molar-refractivity contribution in [2.45, 2.75) is 12.6 Å². The Bertz CT molecular complexity index is 1050.